The van der Waals surface area contributed by atoms with Gasteiger partial charge in [-0.15, -0.1) is 0 Å². The van der Waals surface area contributed by atoms with Crippen LogP contribution in [-0.4, -0.2) is 37.2 Å². The number of hydrogen-bond donors (Lipinski definition) is 0. The van der Waals surface area contributed by atoms with E-state index in [-0.39, 0.29) is 31.1 Å². The van der Waals surface area contributed by atoms with Gasteiger partial charge < -0.3 is 14.2 Å². The standard InChI is InChI=1S/C48H86O6/c1-4-7-10-13-16-19-22-24-27-29-32-35-38-41-47(50)53-44-45(43-52-46(49)40-37-34-31-28-25-21-18-15-12-9-6-3)54-48(51)42-39-36-33-30-26-23-20-17-14-11-8-5-2/h15,17-18,20-21,25,45H,4-14,16,19,22-24,26-44H2,1-3H3/b18-15-,20-17-,25-21-. The van der Waals surface area contributed by atoms with Crippen LogP contribution in [0.1, 0.15) is 233 Å². The molecule has 0 aromatic heterocycles. The van der Waals surface area contributed by atoms with Crippen LogP contribution >= 0.6 is 0 Å². The lowest BCUT2D eigenvalue weighted by atomic mass is 10.0. The highest BCUT2D eigenvalue weighted by Crippen LogP contribution is 2.14. The van der Waals surface area contributed by atoms with Gasteiger partial charge in [-0.2, -0.15) is 0 Å². The van der Waals surface area contributed by atoms with Gasteiger partial charge in [-0.1, -0.05) is 186 Å². The zero-order valence-electron chi connectivity index (χ0n) is 35.7. The lowest BCUT2D eigenvalue weighted by Crippen LogP contribution is -2.30. The molecule has 0 N–H and O–H groups in total. The third-order valence-electron chi connectivity index (χ3n) is 9.90. The maximum absolute atomic E-state index is 12.7. The number of rotatable bonds is 41. The zero-order valence-corrected chi connectivity index (χ0v) is 35.7. The van der Waals surface area contributed by atoms with Crippen LogP contribution in [0.3, 0.4) is 0 Å². The fourth-order valence-electron chi connectivity index (χ4n) is 6.35. The molecule has 54 heavy (non-hydrogen) atoms. The molecule has 0 spiro atoms. The molecule has 0 heterocycles. The molecule has 1 unspecified atom stereocenters. The van der Waals surface area contributed by atoms with Crippen LogP contribution in [0.4, 0.5) is 0 Å². The van der Waals surface area contributed by atoms with Gasteiger partial charge in [0.2, 0.25) is 0 Å². The van der Waals surface area contributed by atoms with Crippen molar-refractivity contribution in [1.29, 1.82) is 0 Å². The van der Waals surface area contributed by atoms with Gasteiger partial charge >= 0.3 is 17.9 Å². The SMILES string of the molecule is CCCC/C=C\C=C/CCCCCC(=O)OCC(COC(=O)CCCCCCCCCCCCCCC)OC(=O)CCCCCCC/C=C\CCCCC. The molecule has 0 bridgehead atoms. The minimum absolute atomic E-state index is 0.0819. The van der Waals surface area contributed by atoms with Crippen molar-refractivity contribution in [1.82, 2.24) is 0 Å². The van der Waals surface area contributed by atoms with Gasteiger partial charge in [0.15, 0.2) is 6.10 Å². The monoisotopic (exact) mass is 759 g/mol. The molecule has 0 aliphatic heterocycles. The summed E-state index contributed by atoms with van der Waals surface area (Å²) >= 11 is 0. The van der Waals surface area contributed by atoms with E-state index in [0.29, 0.717) is 19.3 Å². The Morgan fingerprint density at radius 1 is 0.370 bits per heavy atom. The van der Waals surface area contributed by atoms with E-state index in [1.165, 1.54) is 109 Å². The van der Waals surface area contributed by atoms with E-state index in [9.17, 15) is 14.4 Å². The first-order valence-corrected chi connectivity index (χ1v) is 23.0. The third kappa shape index (κ3) is 40.8. The minimum Gasteiger partial charge on any atom is -0.462 e. The number of unbranched alkanes of at least 4 members (excludes halogenated alkanes) is 25. The van der Waals surface area contributed by atoms with Crippen molar-refractivity contribution in [2.75, 3.05) is 13.2 Å². The van der Waals surface area contributed by atoms with Gasteiger partial charge in [-0.05, 0) is 64.2 Å². The van der Waals surface area contributed by atoms with E-state index in [1.54, 1.807) is 0 Å². The van der Waals surface area contributed by atoms with Crippen molar-refractivity contribution < 1.29 is 28.6 Å². The Bertz CT molecular complexity index is 922. The Labute approximate surface area is 334 Å². The summed E-state index contributed by atoms with van der Waals surface area (Å²) in [6.45, 7) is 6.52. The van der Waals surface area contributed by atoms with Crippen molar-refractivity contribution >= 4 is 17.9 Å². The molecule has 0 rings (SSSR count). The van der Waals surface area contributed by atoms with Crippen molar-refractivity contribution in [3.05, 3.63) is 36.5 Å². The zero-order chi connectivity index (χ0) is 39.4. The molecule has 0 fully saturated rings. The molecule has 6 heteroatoms. The predicted molar refractivity (Wildman–Crippen MR) is 229 cm³/mol. The molecule has 0 aliphatic rings. The van der Waals surface area contributed by atoms with Crippen LogP contribution in [0.25, 0.3) is 0 Å². The first kappa shape index (κ1) is 51.6. The van der Waals surface area contributed by atoms with Gasteiger partial charge in [0.25, 0.3) is 0 Å². The van der Waals surface area contributed by atoms with E-state index < -0.39 is 6.10 Å². The van der Waals surface area contributed by atoms with Crippen LogP contribution < -0.4 is 0 Å². The summed E-state index contributed by atoms with van der Waals surface area (Å²) in [6.07, 6.45) is 48.4. The molecule has 1 atom stereocenters. The van der Waals surface area contributed by atoms with E-state index >= 15 is 0 Å². The number of carbonyl (C=O) groups is 3. The summed E-state index contributed by atoms with van der Waals surface area (Å²) in [5, 5.41) is 0. The van der Waals surface area contributed by atoms with Crippen LogP contribution in [0, 0.1) is 0 Å². The van der Waals surface area contributed by atoms with Crippen molar-refractivity contribution in [2.24, 2.45) is 0 Å². The maximum atomic E-state index is 12.7. The van der Waals surface area contributed by atoms with E-state index in [0.717, 1.165) is 83.5 Å². The highest BCUT2D eigenvalue weighted by atomic mass is 16.6. The average molecular weight is 759 g/mol. The second-order valence-electron chi connectivity index (χ2n) is 15.3. The first-order valence-electron chi connectivity index (χ1n) is 23.0. The molecule has 0 saturated heterocycles. The van der Waals surface area contributed by atoms with Crippen molar-refractivity contribution in [3.63, 3.8) is 0 Å². The molecule has 0 saturated carbocycles. The molecular weight excluding hydrogens is 673 g/mol. The van der Waals surface area contributed by atoms with Gasteiger partial charge in [-0.3, -0.25) is 14.4 Å². The normalized spacial score (nSPS) is 12.3. The van der Waals surface area contributed by atoms with Crippen LogP contribution in [0.15, 0.2) is 36.5 Å². The topological polar surface area (TPSA) is 78.9 Å². The quantitative estimate of drug-likeness (QED) is 0.0203. The Balaban J connectivity index is 4.40. The second kappa shape index (κ2) is 43.4. The van der Waals surface area contributed by atoms with Crippen molar-refractivity contribution in [3.8, 4) is 0 Å². The van der Waals surface area contributed by atoms with Gasteiger partial charge in [-0.25, -0.2) is 0 Å². The predicted octanol–water partition coefficient (Wildman–Crippen LogP) is 14.6. The minimum atomic E-state index is -0.781. The van der Waals surface area contributed by atoms with E-state index in [4.69, 9.17) is 14.2 Å². The third-order valence-corrected chi connectivity index (χ3v) is 9.90. The van der Waals surface area contributed by atoms with E-state index in [1.807, 2.05) is 0 Å². The van der Waals surface area contributed by atoms with E-state index in [2.05, 4.69) is 57.2 Å². The summed E-state index contributed by atoms with van der Waals surface area (Å²) in [7, 11) is 0. The van der Waals surface area contributed by atoms with Crippen LogP contribution in [-0.2, 0) is 28.6 Å². The summed E-state index contributed by atoms with van der Waals surface area (Å²) < 4.78 is 16.7. The lowest BCUT2D eigenvalue weighted by Gasteiger charge is -2.18. The fourth-order valence-corrected chi connectivity index (χ4v) is 6.35. The molecule has 0 radical (unpaired) electrons. The van der Waals surface area contributed by atoms with Gasteiger partial charge in [0.1, 0.15) is 13.2 Å². The highest BCUT2D eigenvalue weighted by Gasteiger charge is 2.19. The molecule has 6 nitrogen and oxygen atoms in total. The number of hydrogen-bond acceptors (Lipinski definition) is 6. The number of ether oxygens (including phenoxy) is 3. The Morgan fingerprint density at radius 2 is 0.685 bits per heavy atom. The summed E-state index contributed by atoms with van der Waals surface area (Å²) in [4.78, 5) is 37.7. The van der Waals surface area contributed by atoms with Crippen LogP contribution in [0.2, 0.25) is 0 Å². The number of esters is 3. The Hall–Kier alpha value is -2.37. The molecule has 0 aromatic carbocycles. The molecule has 314 valence electrons. The number of allylic oxidation sites excluding steroid dienone is 6. The molecule has 0 aromatic rings. The first-order chi connectivity index (χ1) is 26.5. The fraction of sp³-hybridized carbons (Fsp3) is 0.812. The molecular formula is C48H86O6. The Morgan fingerprint density at radius 3 is 1.15 bits per heavy atom. The highest BCUT2D eigenvalue weighted by molar-refractivity contribution is 5.71. The average Bonchev–Trinajstić information content (AvgIpc) is 3.17. The molecule has 0 aliphatic carbocycles. The maximum Gasteiger partial charge on any atom is 0.306 e. The lowest BCUT2D eigenvalue weighted by molar-refractivity contribution is -0.167. The van der Waals surface area contributed by atoms with Gasteiger partial charge in [0.05, 0.1) is 0 Å². The largest absolute Gasteiger partial charge is 0.462 e. The Kier molecular flexibility index (Phi) is 41.5. The van der Waals surface area contributed by atoms with Gasteiger partial charge in [0, 0.05) is 19.3 Å². The number of carbonyl (C=O) groups excluding carboxylic acids is 3. The summed E-state index contributed by atoms with van der Waals surface area (Å²) in [5.74, 6) is -0.918. The second-order valence-corrected chi connectivity index (χ2v) is 15.3. The van der Waals surface area contributed by atoms with Crippen LogP contribution in [0.5, 0.6) is 0 Å². The summed E-state index contributed by atoms with van der Waals surface area (Å²) in [6, 6.07) is 0. The molecule has 0 amide bonds. The smallest absolute Gasteiger partial charge is 0.306 e. The van der Waals surface area contributed by atoms with Crippen molar-refractivity contribution in [2.45, 2.75) is 239 Å². The summed E-state index contributed by atoms with van der Waals surface area (Å²) in [5.41, 5.74) is 0.